The maximum atomic E-state index is 14.3. The van der Waals surface area contributed by atoms with Gasteiger partial charge in [-0.15, -0.1) is 0 Å². The van der Waals surface area contributed by atoms with Crippen molar-refractivity contribution in [1.82, 2.24) is 4.90 Å². The van der Waals surface area contributed by atoms with Crippen LogP contribution < -0.4 is 0 Å². The van der Waals surface area contributed by atoms with E-state index in [-0.39, 0.29) is 5.56 Å². The van der Waals surface area contributed by atoms with Gasteiger partial charge in [0.1, 0.15) is 6.04 Å². The van der Waals surface area contributed by atoms with Gasteiger partial charge in [-0.05, 0) is 5.56 Å². The first-order chi connectivity index (χ1) is 11.5. The van der Waals surface area contributed by atoms with Gasteiger partial charge in [0, 0.05) is 12.7 Å². The van der Waals surface area contributed by atoms with Crippen molar-refractivity contribution in [3.05, 3.63) is 71.8 Å². The van der Waals surface area contributed by atoms with Crippen LogP contribution in [0.5, 0.6) is 0 Å². The molecule has 1 aliphatic rings. The predicted octanol–water partition coefficient (Wildman–Crippen LogP) is 2.70. The molecule has 0 bridgehead atoms. The molecule has 126 valence electrons. The number of aliphatic hydroxyl groups excluding tert-OH is 1. The lowest BCUT2D eigenvalue weighted by molar-refractivity contribution is -0.272. The van der Waals surface area contributed by atoms with E-state index in [1.165, 1.54) is 19.2 Å². The molecule has 4 nitrogen and oxygen atoms in total. The van der Waals surface area contributed by atoms with Crippen LogP contribution in [-0.2, 0) is 15.3 Å². The summed E-state index contributed by atoms with van der Waals surface area (Å²) in [6.45, 7) is -0.640. The van der Waals surface area contributed by atoms with Gasteiger partial charge in [0.2, 0.25) is 0 Å². The molecule has 1 saturated heterocycles. The zero-order valence-corrected chi connectivity index (χ0v) is 13.0. The second kappa shape index (κ2) is 5.96. The fraction of sp³-hybridized carbons (Fsp3) is 0.278. The van der Waals surface area contributed by atoms with Gasteiger partial charge in [-0.25, -0.2) is 0 Å². The number of carbonyl (C=O) groups excluding carboxylic acids is 1. The largest absolute Gasteiger partial charge is 0.391 e. The van der Waals surface area contributed by atoms with Crippen molar-refractivity contribution in [3.8, 4) is 0 Å². The molecule has 1 amide bonds. The quantitative estimate of drug-likeness (QED) is 0.856. The van der Waals surface area contributed by atoms with Gasteiger partial charge < -0.3 is 9.84 Å². The van der Waals surface area contributed by atoms with Crippen molar-refractivity contribution in [2.45, 2.75) is 17.7 Å². The van der Waals surface area contributed by atoms with Gasteiger partial charge in [0.05, 0.1) is 6.61 Å². The maximum absolute atomic E-state index is 14.3. The van der Waals surface area contributed by atoms with E-state index in [1.807, 2.05) is 0 Å². The van der Waals surface area contributed by atoms with E-state index in [9.17, 15) is 18.7 Å². The van der Waals surface area contributed by atoms with Crippen LogP contribution in [0.15, 0.2) is 60.7 Å². The van der Waals surface area contributed by atoms with E-state index in [2.05, 4.69) is 0 Å². The summed E-state index contributed by atoms with van der Waals surface area (Å²) in [5.74, 6) is -4.91. The van der Waals surface area contributed by atoms with E-state index in [4.69, 9.17) is 4.74 Å². The maximum Gasteiger partial charge on any atom is 0.348 e. The van der Waals surface area contributed by atoms with E-state index in [1.54, 1.807) is 48.5 Å². The molecule has 2 atom stereocenters. The molecule has 0 unspecified atom stereocenters. The van der Waals surface area contributed by atoms with Crippen molar-refractivity contribution in [1.29, 1.82) is 0 Å². The third-order valence-electron chi connectivity index (χ3n) is 4.39. The standard InChI is InChI=1S/C18H17F2NO3/c1-24-17(12-22,14-10-6-3-7-11-14)21-15(18(19,20)16(21)23)13-8-4-2-5-9-13/h2-11,15,22H,12H2,1H3/t15-,17-/m0/s1. The number of hydrogen-bond donors (Lipinski definition) is 1. The summed E-state index contributed by atoms with van der Waals surface area (Å²) >= 11 is 0. The molecule has 1 fully saturated rings. The Morgan fingerprint density at radius 1 is 1.12 bits per heavy atom. The highest BCUT2D eigenvalue weighted by Gasteiger charge is 2.69. The van der Waals surface area contributed by atoms with Crippen LogP contribution in [0.1, 0.15) is 17.2 Å². The summed E-state index contributed by atoms with van der Waals surface area (Å²) in [6, 6.07) is 14.9. The monoisotopic (exact) mass is 333 g/mol. The molecule has 0 saturated carbocycles. The molecule has 6 heteroatoms. The smallest absolute Gasteiger partial charge is 0.348 e. The van der Waals surface area contributed by atoms with Crippen molar-refractivity contribution in [2.24, 2.45) is 0 Å². The van der Waals surface area contributed by atoms with Crippen molar-refractivity contribution >= 4 is 5.91 Å². The molecule has 3 rings (SSSR count). The summed E-state index contributed by atoms with van der Waals surface area (Å²) in [4.78, 5) is 13.1. The lowest BCUT2D eigenvalue weighted by Crippen LogP contribution is -2.71. The Hall–Kier alpha value is -2.31. The van der Waals surface area contributed by atoms with Gasteiger partial charge in [-0.3, -0.25) is 9.69 Å². The highest BCUT2D eigenvalue weighted by atomic mass is 19.3. The minimum absolute atomic E-state index is 0.285. The number of aliphatic hydroxyl groups is 1. The number of nitrogens with zero attached hydrogens (tertiary/aromatic N) is 1. The number of alkyl halides is 2. The summed E-state index contributed by atoms with van der Waals surface area (Å²) in [6.07, 6.45) is 0. The number of methoxy groups -OCH3 is 1. The summed E-state index contributed by atoms with van der Waals surface area (Å²) in [5.41, 5.74) is -0.951. The lowest BCUT2D eigenvalue weighted by atomic mass is 9.84. The van der Waals surface area contributed by atoms with E-state index >= 15 is 0 Å². The Morgan fingerprint density at radius 2 is 1.67 bits per heavy atom. The van der Waals surface area contributed by atoms with Crippen LogP contribution in [0.2, 0.25) is 0 Å². The van der Waals surface area contributed by atoms with E-state index in [0.717, 1.165) is 4.90 Å². The van der Waals surface area contributed by atoms with Crippen molar-refractivity contribution < 1.29 is 23.4 Å². The third kappa shape index (κ3) is 2.22. The van der Waals surface area contributed by atoms with Crippen molar-refractivity contribution in [2.75, 3.05) is 13.7 Å². The average molecular weight is 333 g/mol. The van der Waals surface area contributed by atoms with Gasteiger partial charge in [0.15, 0.2) is 5.72 Å². The van der Waals surface area contributed by atoms with E-state index < -0.39 is 30.2 Å². The number of likely N-dealkylation sites (tertiary alicyclic amines) is 1. The van der Waals surface area contributed by atoms with Gasteiger partial charge in [-0.1, -0.05) is 60.7 Å². The first-order valence-corrected chi connectivity index (χ1v) is 7.47. The number of rotatable bonds is 5. The van der Waals surface area contributed by atoms with Crippen molar-refractivity contribution in [3.63, 3.8) is 0 Å². The highest BCUT2D eigenvalue weighted by Crippen LogP contribution is 2.53. The third-order valence-corrected chi connectivity index (χ3v) is 4.39. The van der Waals surface area contributed by atoms with Gasteiger partial charge in [0.25, 0.3) is 5.91 Å². The number of ether oxygens (including phenoxy) is 1. The van der Waals surface area contributed by atoms with Crippen LogP contribution in [-0.4, -0.2) is 35.6 Å². The van der Waals surface area contributed by atoms with Crippen LogP contribution >= 0.6 is 0 Å². The van der Waals surface area contributed by atoms with Crippen LogP contribution in [0.25, 0.3) is 0 Å². The summed E-state index contributed by atoms with van der Waals surface area (Å²) < 4.78 is 34.1. The molecular weight excluding hydrogens is 316 g/mol. The zero-order chi connectivity index (χ0) is 17.4. The second-order valence-electron chi connectivity index (χ2n) is 5.62. The minimum Gasteiger partial charge on any atom is -0.391 e. The van der Waals surface area contributed by atoms with Crippen LogP contribution in [0.4, 0.5) is 8.78 Å². The molecule has 1 N–H and O–H groups in total. The zero-order valence-electron chi connectivity index (χ0n) is 13.0. The summed E-state index contributed by atoms with van der Waals surface area (Å²) in [5, 5.41) is 9.95. The molecule has 0 radical (unpaired) electrons. The van der Waals surface area contributed by atoms with Gasteiger partial charge in [-0.2, -0.15) is 8.78 Å². The fourth-order valence-corrected chi connectivity index (χ4v) is 3.14. The predicted molar refractivity (Wildman–Crippen MR) is 83.2 cm³/mol. The highest BCUT2D eigenvalue weighted by molar-refractivity contribution is 5.92. The SMILES string of the molecule is CO[C@@](CO)(c1ccccc1)N1C(=O)C(F)(F)[C@@H]1c1ccccc1. The molecule has 0 spiro atoms. The summed E-state index contributed by atoms with van der Waals surface area (Å²) in [7, 11) is 1.29. The molecule has 0 aliphatic carbocycles. The topological polar surface area (TPSA) is 49.8 Å². The molecule has 1 aliphatic heterocycles. The normalized spacial score (nSPS) is 21.9. The number of β-lactam (4-membered cyclic amide) rings is 1. The lowest BCUT2D eigenvalue weighted by Gasteiger charge is -2.55. The number of amides is 1. The molecule has 2 aromatic rings. The molecule has 2 aromatic carbocycles. The number of halogens is 2. The fourth-order valence-electron chi connectivity index (χ4n) is 3.14. The van der Waals surface area contributed by atoms with Crippen LogP contribution in [0, 0.1) is 0 Å². The average Bonchev–Trinajstić information content (AvgIpc) is 2.63. The Balaban J connectivity index is 2.12. The first-order valence-electron chi connectivity index (χ1n) is 7.47. The molecule has 0 aromatic heterocycles. The second-order valence-corrected chi connectivity index (χ2v) is 5.62. The minimum atomic E-state index is -3.55. The Labute approximate surface area is 138 Å². The Morgan fingerprint density at radius 3 is 2.17 bits per heavy atom. The Bertz CT molecular complexity index is 718. The first kappa shape index (κ1) is 16.5. The van der Waals surface area contributed by atoms with Crippen LogP contribution in [0.3, 0.4) is 0 Å². The Kier molecular flexibility index (Phi) is 4.11. The van der Waals surface area contributed by atoms with Gasteiger partial charge >= 0.3 is 5.92 Å². The molecule has 1 heterocycles. The number of carbonyl (C=O) groups is 1. The molecule has 24 heavy (non-hydrogen) atoms. The number of hydrogen-bond acceptors (Lipinski definition) is 3. The number of benzene rings is 2. The molecular formula is C18H17F2NO3. The van der Waals surface area contributed by atoms with E-state index in [0.29, 0.717) is 5.56 Å².